The third-order valence-corrected chi connectivity index (χ3v) is 2.83. The van der Waals surface area contributed by atoms with Gasteiger partial charge in [0.2, 0.25) is 5.75 Å². The molecule has 0 aliphatic rings. The van der Waals surface area contributed by atoms with Gasteiger partial charge in [0.25, 0.3) is 0 Å². The average molecular weight is 287 g/mol. The highest BCUT2D eigenvalue weighted by Crippen LogP contribution is 2.32. The van der Waals surface area contributed by atoms with Gasteiger partial charge in [0, 0.05) is 24.9 Å². The molecule has 2 rings (SSSR count). The van der Waals surface area contributed by atoms with Gasteiger partial charge in [0.1, 0.15) is 11.6 Å². The lowest BCUT2D eigenvalue weighted by Gasteiger charge is -2.09. The van der Waals surface area contributed by atoms with Crippen molar-refractivity contribution in [3.63, 3.8) is 0 Å². The Bertz CT molecular complexity index is 644. The van der Waals surface area contributed by atoms with Crippen LogP contribution in [0.5, 0.6) is 11.5 Å². The molecule has 0 saturated carbocycles. The van der Waals surface area contributed by atoms with Gasteiger partial charge in [-0.15, -0.1) is 0 Å². The number of nitrogens with one attached hydrogen (secondary N) is 1. The summed E-state index contributed by atoms with van der Waals surface area (Å²) in [6.07, 6.45) is 2.59. The van der Waals surface area contributed by atoms with E-state index in [1.54, 1.807) is 37.4 Å². The van der Waals surface area contributed by atoms with Crippen molar-refractivity contribution >= 4 is 11.5 Å². The fraction of sp³-hybridized carbons (Fsp3) is 0.267. The maximum Gasteiger partial charge on any atom is 0.311 e. The zero-order chi connectivity index (χ0) is 15.2. The molecule has 0 unspecified atom stereocenters. The summed E-state index contributed by atoms with van der Waals surface area (Å²) in [6.45, 7) is 4.67. The highest BCUT2D eigenvalue weighted by atomic mass is 16.6. The Morgan fingerprint density at radius 1 is 1.33 bits per heavy atom. The maximum atomic E-state index is 11.1. The number of rotatable bonds is 6. The highest BCUT2D eigenvalue weighted by molar-refractivity contribution is 5.51. The monoisotopic (exact) mass is 287 g/mol. The van der Waals surface area contributed by atoms with Crippen molar-refractivity contribution in [2.24, 2.45) is 0 Å². The molecule has 0 fully saturated rings. The second-order valence-electron chi connectivity index (χ2n) is 4.63. The Labute approximate surface area is 122 Å². The molecule has 0 spiro atoms. The summed E-state index contributed by atoms with van der Waals surface area (Å²) in [5.74, 6) is 1.41. The van der Waals surface area contributed by atoms with Crippen LogP contribution in [0.1, 0.15) is 18.9 Å². The summed E-state index contributed by atoms with van der Waals surface area (Å²) in [4.78, 5) is 14.8. The third-order valence-electron chi connectivity index (χ3n) is 2.83. The summed E-state index contributed by atoms with van der Waals surface area (Å²) in [6, 6.07) is 8.26. The van der Waals surface area contributed by atoms with Crippen LogP contribution >= 0.6 is 0 Å². The fourth-order valence-corrected chi connectivity index (χ4v) is 1.81. The van der Waals surface area contributed by atoms with Crippen LogP contribution in [0, 0.1) is 17.0 Å². The smallest absolute Gasteiger partial charge is 0.311 e. The Kier molecular flexibility index (Phi) is 4.71. The molecule has 0 bridgehead atoms. The maximum absolute atomic E-state index is 11.1. The molecule has 0 saturated heterocycles. The van der Waals surface area contributed by atoms with E-state index in [4.69, 9.17) is 4.74 Å². The van der Waals surface area contributed by atoms with Gasteiger partial charge in [-0.1, -0.05) is 13.0 Å². The molecular formula is C15H17N3O3. The van der Waals surface area contributed by atoms with Crippen molar-refractivity contribution in [2.75, 3.05) is 11.9 Å². The number of ether oxygens (including phenoxy) is 1. The molecule has 1 aromatic heterocycles. The highest BCUT2D eigenvalue weighted by Gasteiger charge is 2.16. The van der Waals surface area contributed by atoms with E-state index >= 15 is 0 Å². The Morgan fingerprint density at radius 3 is 2.86 bits per heavy atom. The molecule has 1 N–H and O–H groups in total. The van der Waals surface area contributed by atoms with Gasteiger partial charge in [-0.05, 0) is 31.0 Å². The Hall–Kier alpha value is -2.63. The van der Waals surface area contributed by atoms with Crippen LogP contribution in [-0.2, 0) is 0 Å². The normalized spacial score (nSPS) is 10.2. The van der Waals surface area contributed by atoms with Crippen molar-refractivity contribution in [1.29, 1.82) is 0 Å². The molecule has 0 amide bonds. The molecule has 0 atom stereocenters. The Morgan fingerprint density at radius 2 is 2.14 bits per heavy atom. The Balaban J connectivity index is 2.24. The largest absolute Gasteiger partial charge is 0.450 e. The number of anilines is 1. The van der Waals surface area contributed by atoms with E-state index in [2.05, 4.69) is 17.2 Å². The van der Waals surface area contributed by atoms with E-state index in [9.17, 15) is 10.1 Å². The number of nitrogens with zero attached hydrogens (tertiary/aromatic N) is 2. The first-order valence-electron chi connectivity index (χ1n) is 6.73. The summed E-state index contributed by atoms with van der Waals surface area (Å²) < 4.78 is 5.62. The number of aromatic nitrogens is 1. The SMILES string of the molecule is CCCNc1cc(Oc2ccc(C)cc2[N+](=O)[O-])ccn1. The number of aryl methyl sites for hydroxylation is 1. The van der Waals surface area contributed by atoms with Gasteiger partial charge < -0.3 is 10.1 Å². The molecule has 6 heteroatoms. The van der Waals surface area contributed by atoms with Crippen LogP contribution in [-0.4, -0.2) is 16.5 Å². The van der Waals surface area contributed by atoms with Gasteiger partial charge in [0.05, 0.1) is 4.92 Å². The summed E-state index contributed by atoms with van der Waals surface area (Å²) >= 11 is 0. The zero-order valence-corrected chi connectivity index (χ0v) is 12.0. The average Bonchev–Trinajstić information content (AvgIpc) is 2.47. The predicted octanol–water partition coefficient (Wildman–Crippen LogP) is 3.91. The number of nitro groups is 1. The van der Waals surface area contributed by atoms with Gasteiger partial charge in [-0.25, -0.2) is 4.98 Å². The standard InChI is InChI=1S/C15H17N3O3/c1-3-7-16-15-10-12(6-8-17-15)21-14-5-4-11(2)9-13(14)18(19)20/h4-6,8-10H,3,7H2,1-2H3,(H,16,17). The molecule has 110 valence electrons. The van der Waals surface area contributed by atoms with E-state index in [0.29, 0.717) is 11.6 Å². The van der Waals surface area contributed by atoms with Crippen molar-refractivity contribution in [3.8, 4) is 11.5 Å². The summed E-state index contributed by atoms with van der Waals surface area (Å²) in [7, 11) is 0. The van der Waals surface area contributed by atoms with Crippen LogP contribution in [0.25, 0.3) is 0 Å². The summed E-state index contributed by atoms with van der Waals surface area (Å²) in [5, 5.41) is 14.2. The van der Waals surface area contributed by atoms with Crippen LogP contribution in [0.15, 0.2) is 36.5 Å². The van der Waals surface area contributed by atoms with Crippen LogP contribution < -0.4 is 10.1 Å². The molecule has 2 aromatic rings. The number of nitro benzene ring substituents is 1. The van der Waals surface area contributed by atoms with Gasteiger partial charge in [0.15, 0.2) is 0 Å². The number of benzene rings is 1. The van der Waals surface area contributed by atoms with E-state index in [1.165, 1.54) is 6.07 Å². The van der Waals surface area contributed by atoms with E-state index < -0.39 is 4.92 Å². The van der Waals surface area contributed by atoms with Crippen molar-refractivity contribution in [1.82, 2.24) is 4.98 Å². The lowest BCUT2D eigenvalue weighted by atomic mass is 10.2. The quantitative estimate of drug-likeness (QED) is 0.643. The minimum absolute atomic E-state index is 0.0464. The van der Waals surface area contributed by atoms with E-state index in [-0.39, 0.29) is 11.4 Å². The predicted molar refractivity (Wildman–Crippen MR) is 80.9 cm³/mol. The van der Waals surface area contributed by atoms with E-state index in [0.717, 1.165) is 18.5 Å². The second-order valence-corrected chi connectivity index (χ2v) is 4.63. The third kappa shape index (κ3) is 3.92. The molecule has 21 heavy (non-hydrogen) atoms. The first-order chi connectivity index (χ1) is 10.1. The molecule has 0 radical (unpaired) electrons. The number of pyridine rings is 1. The topological polar surface area (TPSA) is 77.3 Å². The number of hydrogen-bond acceptors (Lipinski definition) is 5. The van der Waals surface area contributed by atoms with Gasteiger partial charge in [-0.3, -0.25) is 10.1 Å². The molecular weight excluding hydrogens is 270 g/mol. The lowest BCUT2D eigenvalue weighted by molar-refractivity contribution is -0.385. The van der Waals surface area contributed by atoms with Gasteiger partial charge >= 0.3 is 5.69 Å². The fourth-order valence-electron chi connectivity index (χ4n) is 1.81. The van der Waals surface area contributed by atoms with Crippen molar-refractivity contribution in [2.45, 2.75) is 20.3 Å². The van der Waals surface area contributed by atoms with Crippen LogP contribution in [0.3, 0.4) is 0 Å². The van der Waals surface area contributed by atoms with E-state index in [1.807, 2.05) is 0 Å². The molecule has 0 aliphatic heterocycles. The molecule has 1 heterocycles. The molecule has 6 nitrogen and oxygen atoms in total. The zero-order valence-electron chi connectivity index (χ0n) is 12.0. The molecule has 0 aliphatic carbocycles. The van der Waals surface area contributed by atoms with Crippen molar-refractivity contribution < 1.29 is 9.66 Å². The summed E-state index contributed by atoms with van der Waals surface area (Å²) in [5.41, 5.74) is 0.768. The lowest BCUT2D eigenvalue weighted by Crippen LogP contribution is -2.01. The minimum Gasteiger partial charge on any atom is -0.450 e. The minimum atomic E-state index is -0.445. The van der Waals surface area contributed by atoms with Crippen molar-refractivity contribution in [3.05, 3.63) is 52.2 Å². The second kappa shape index (κ2) is 6.69. The number of hydrogen-bond donors (Lipinski definition) is 1. The first-order valence-corrected chi connectivity index (χ1v) is 6.73. The van der Waals surface area contributed by atoms with Gasteiger partial charge in [-0.2, -0.15) is 0 Å². The van der Waals surface area contributed by atoms with Crippen LogP contribution in [0.4, 0.5) is 11.5 Å². The molecule has 1 aromatic carbocycles. The van der Waals surface area contributed by atoms with Crippen LogP contribution in [0.2, 0.25) is 0 Å². The first kappa shape index (κ1) is 14.8.